The molecule has 0 aromatic rings. The van der Waals surface area contributed by atoms with Crippen molar-refractivity contribution in [3.05, 3.63) is 0 Å². The van der Waals surface area contributed by atoms with Crippen molar-refractivity contribution >= 4 is 17.7 Å². The standard InChI is InChI=1S/C12H25NO4S/c1-3-6-13-11(12(16)17-4-2)5-7-18-9-10(15)8-14/h10-11,13-15H,3-9H2,1-2H3. The number of hydrogen-bond donors (Lipinski definition) is 3. The van der Waals surface area contributed by atoms with E-state index < -0.39 is 6.10 Å². The second-order valence-electron chi connectivity index (χ2n) is 3.96. The molecule has 0 aliphatic heterocycles. The van der Waals surface area contributed by atoms with E-state index in [1.807, 2.05) is 6.92 Å². The van der Waals surface area contributed by atoms with E-state index in [0.717, 1.165) is 18.7 Å². The zero-order valence-electron chi connectivity index (χ0n) is 11.2. The Hall–Kier alpha value is -0.300. The number of aliphatic hydroxyl groups is 2. The summed E-state index contributed by atoms with van der Waals surface area (Å²) in [5, 5.41) is 21.0. The molecule has 0 amide bonds. The fraction of sp³-hybridized carbons (Fsp3) is 0.917. The first-order chi connectivity index (χ1) is 8.65. The van der Waals surface area contributed by atoms with Gasteiger partial charge < -0.3 is 20.3 Å². The summed E-state index contributed by atoms with van der Waals surface area (Å²) in [5.74, 6) is 1.02. The maximum atomic E-state index is 11.6. The van der Waals surface area contributed by atoms with E-state index in [-0.39, 0.29) is 18.6 Å². The second kappa shape index (κ2) is 11.8. The molecule has 5 nitrogen and oxygen atoms in total. The van der Waals surface area contributed by atoms with Crippen LogP contribution in [0, 0.1) is 0 Å². The lowest BCUT2D eigenvalue weighted by molar-refractivity contribution is -0.145. The molecule has 3 N–H and O–H groups in total. The van der Waals surface area contributed by atoms with Gasteiger partial charge in [0.1, 0.15) is 6.04 Å². The topological polar surface area (TPSA) is 78.8 Å². The third-order valence-electron chi connectivity index (χ3n) is 2.28. The zero-order chi connectivity index (χ0) is 13.8. The quantitative estimate of drug-likeness (QED) is 0.375. The van der Waals surface area contributed by atoms with Crippen molar-refractivity contribution in [3.63, 3.8) is 0 Å². The van der Waals surface area contributed by atoms with Crippen LogP contribution in [0.25, 0.3) is 0 Å². The van der Waals surface area contributed by atoms with Crippen LogP contribution in [0.5, 0.6) is 0 Å². The molecule has 0 saturated heterocycles. The molecule has 0 aromatic heterocycles. The molecular weight excluding hydrogens is 254 g/mol. The minimum Gasteiger partial charge on any atom is -0.465 e. The number of thioether (sulfide) groups is 1. The van der Waals surface area contributed by atoms with Gasteiger partial charge >= 0.3 is 5.97 Å². The van der Waals surface area contributed by atoms with E-state index in [4.69, 9.17) is 9.84 Å². The third-order valence-corrected chi connectivity index (χ3v) is 3.43. The van der Waals surface area contributed by atoms with E-state index in [1.54, 1.807) is 6.92 Å². The van der Waals surface area contributed by atoms with Crippen molar-refractivity contribution < 1.29 is 19.7 Å². The Morgan fingerprint density at radius 3 is 2.72 bits per heavy atom. The normalized spacial score (nSPS) is 14.2. The Labute approximate surface area is 113 Å². The Kier molecular flexibility index (Phi) is 11.6. The van der Waals surface area contributed by atoms with Gasteiger partial charge in [0.2, 0.25) is 0 Å². The van der Waals surface area contributed by atoms with Crippen LogP contribution < -0.4 is 5.32 Å². The van der Waals surface area contributed by atoms with Crippen molar-refractivity contribution in [1.82, 2.24) is 5.32 Å². The molecule has 0 spiro atoms. The largest absolute Gasteiger partial charge is 0.465 e. The first kappa shape index (κ1) is 17.7. The van der Waals surface area contributed by atoms with Crippen molar-refractivity contribution in [2.75, 3.05) is 31.3 Å². The smallest absolute Gasteiger partial charge is 0.323 e. The lowest BCUT2D eigenvalue weighted by atomic mass is 10.2. The van der Waals surface area contributed by atoms with Crippen LogP contribution >= 0.6 is 11.8 Å². The Bertz CT molecular complexity index is 216. The summed E-state index contributed by atoms with van der Waals surface area (Å²) < 4.78 is 5.00. The minimum absolute atomic E-state index is 0.214. The van der Waals surface area contributed by atoms with Gasteiger partial charge in [0, 0.05) is 5.75 Å². The number of carbonyl (C=O) groups is 1. The van der Waals surface area contributed by atoms with Gasteiger partial charge in [-0.15, -0.1) is 0 Å². The molecular formula is C12H25NO4S. The molecule has 0 radical (unpaired) electrons. The van der Waals surface area contributed by atoms with Gasteiger partial charge in [-0.3, -0.25) is 4.79 Å². The SMILES string of the molecule is CCCNC(CCSCC(O)CO)C(=O)OCC. The molecule has 2 atom stereocenters. The van der Waals surface area contributed by atoms with Crippen molar-refractivity contribution in [3.8, 4) is 0 Å². The van der Waals surface area contributed by atoms with Crippen LogP contribution in [0.15, 0.2) is 0 Å². The van der Waals surface area contributed by atoms with Crippen molar-refractivity contribution in [1.29, 1.82) is 0 Å². The van der Waals surface area contributed by atoms with Gasteiger partial charge in [0.25, 0.3) is 0 Å². The lowest BCUT2D eigenvalue weighted by Crippen LogP contribution is -2.39. The van der Waals surface area contributed by atoms with Crippen LogP contribution in [0.1, 0.15) is 26.7 Å². The maximum Gasteiger partial charge on any atom is 0.323 e. The summed E-state index contributed by atoms with van der Waals surface area (Å²) in [5.41, 5.74) is 0. The first-order valence-corrected chi connectivity index (χ1v) is 7.57. The van der Waals surface area contributed by atoms with Gasteiger partial charge in [0.15, 0.2) is 0 Å². The van der Waals surface area contributed by atoms with Gasteiger partial charge in [0.05, 0.1) is 19.3 Å². The molecule has 0 rings (SSSR count). The first-order valence-electron chi connectivity index (χ1n) is 6.42. The molecule has 108 valence electrons. The summed E-state index contributed by atoms with van der Waals surface area (Å²) in [6.45, 7) is 4.79. The molecule has 6 heteroatoms. The van der Waals surface area contributed by atoms with Gasteiger partial charge in [-0.2, -0.15) is 11.8 Å². The number of rotatable bonds is 11. The second-order valence-corrected chi connectivity index (χ2v) is 5.11. The highest BCUT2D eigenvalue weighted by molar-refractivity contribution is 7.99. The molecule has 0 aliphatic rings. The summed E-state index contributed by atoms with van der Waals surface area (Å²) in [6, 6.07) is -0.274. The number of aliphatic hydroxyl groups excluding tert-OH is 2. The molecule has 0 aliphatic carbocycles. The maximum absolute atomic E-state index is 11.6. The van der Waals surface area contributed by atoms with Crippen LogP contribution in [0.4, 0.5) is 0 Å². The lowest BCUT2D eigenvalue weighted by Gasteiger charge is -2.17. The van der Waals surface area contributed by atoms with E-state index in [0.29, 0.717) is 18.8 Å². The van der Waals surface area contributed by atoms with E-state index in [2.05, 4.69) is 5.32 Å². The highest BCUT2D eigenvalue weighted by atomic mass is 32.2. The van der Waals surface area contributed by atoms with Crippen molar-refractivity contribution in [2.45, 2.75) is 38.8 Å². The third kappa shape index (κ3) is 8.74. The van der Waals surface area contributed by atoms with Crippen LogP contribution in [-0.4, -0.2) is 59.6 Å². The molecule has 0 saturated carbocycles. The van der Waals surface area contributed by atoms with E-state index in [1.165, 1.54) is 11.8 Å². The monoisotopic (exact) mass is 279 g/mol. The van der Waals surface area contributed by atoms with E-state index >= 15 is 0 Å². The summed E-state index contributed by atoms with van der Waals surface area (Å²) in [7, 11) is 0. The highest BCUT2D eigenvalue weighted by Crippen LogP contribution is 2.08. The summed E-state index contributed by atoms with van der Waals surface area (Å²) in [6.07, 6.45) is 0.952. The fourth-order valence-corrected chi connectivity index (χ4v) is 2.28. The molecule has 18 heavy (non-hydrogen) atoms. The zero-order valence-corrected chi connectivity index (χ0v) is 12.0. The predicted molar refractivity (Wildman–Crippen MR) is 73.7 cm³/mol. The van der Waals surface area contributed by atoms with Crippen LogP contribution in [0.2, 0.25) is 0 Å². The molecule has 0 bridgehead atoms. The van der Waals surface area contributed by atoms with Crippen LogP contribution in [-0.2, 0) is 9.53 Å². The summed E-state index contributed by atoms with van der Waals surface area (Å²) in [4.78, 5) is 11.6. The Balaban J connectivity index is 3.89. The van der Waals surface area contributed by atoms with E-state index in [9.17, 15) is 9.90 Å². The predicted octanol–water partition coefficient (Wildman–Crippen LogP) is 0.394. The number of hydrogen-bond acceptors (Lipinski definition) is 6. The van der Waals surface area contributed by atoms with Gasteiger partial charge in [-0.1, -0.05) is 6.92 Å². The van der Waals surface area contributed by atoms with Gasteiger partial charge in [-0.05, 0) is 32.1 Å². The number of esters is 1. The fourth-order valence-electron chi connectivity index (χ4n) is 1.34. The molecule has 0 aromatic carbocycles. The number of ether oxygens (including phenoxy) is 1. The Morgan fingerprint density at radius 1 is 1.44 bits per heavy atom. The number of carbonyl (C=O) groups excluding carboxylic acids is 1. The van der Waals surface area contributed by atoms with Crippen molar-refractivity contribution in [2.24, 2.45) is 0 Å². The Morgan fingerprint density at radius 2 is 2.17 bits per heavy atom. The highest BCUT2D eigenvalue weighted by Gasteiger charge is 2.18. The number of nitrogens with one attached hydrogen (secondary N) is 1. The average Bonchev–Trinajstić information content (AvgIpc) is 2.37. The summed E-state index contributed by atoms with van der Waals surface area (Å²) >= 11 is 1.53. The average molecular weight is 279 g/mol. The van der Waals surface area contributed by atoms with Gasteiger partial charge in [-0.25, -0.2) is 0 Å². The molecule has 0 fully saturated rings. The van der Waals surface area contributed by atoms with Crippen LogP contribution in [0.3, 0.4) is 0 Å². The molecule has 2 unspecified atom stereocenters. The minimum atomic E-state index is -0.681. The molecule has 0 heterocycles.